The number of benzene rings is 1. The third-order valence-electron chi connectivity index (χ3n) is 6.36. The Hall–Kier alpha value is -2.23. The van der Waals surface area contributed by atoms with Crippen LogP contribution >= 0.6 is 0 Å². The molecule has 0 saturated heterocycles. The predicted molar refractivity (Wildman–Crippen MR) is 133 cm³/mol. The first-order valence-corrected chi connectivity index (χ1v) is 12.5. The SMILES string of the molecule is CCCCC(CN(CCCC)C1=CCCC=C1NC)c1nc2ccccc2n1CCC. The van der Waals surface area contributed by atoms with Gasteiger partial charge in [-0.1, -0.05) is 64.3 Å². The van der Waals surface area contributed by atoms with Crippen LogP contribution in [-0.2, 0) is 6.54 Å². The number of imidazole rings is 1. The second-order valence-electron chi connectivity index (χ2n) is 8.78. The second kappa shape index (κ2) is 12.0. The number of allylic oxidation sites excluding steroid dienone is 2. The lowest BCUT2D eigenvalue weighted by molar-refractivity contribution is 0.298. The summed E-state index contributed by atoms with van der Waals surface area (Å²) < 4.78 is 2.50. The van der Waals surface area contributed by atoms with Gasteiger partial charge in [0.05, 0.1) is 22.4 Å². The van der Waals surface area contributed by atoms with Crippen LogP contribution in [0.3, 0.4) is 0 Å². The highest BCUT2D eigenvalue weighted by Crippen LogP contribution is 2.30. The van der Waals surface area contributed by atoms with E-state index in [1.54, 1.807) is 0 Å². The molecule has 31 heavy (non-hydrogen) atoms. The largest absolute Gasteiger partial charge is 0.387 e. The minimum Gasteiger partial charge on any atom is -0.387 e. The molecule has 0 amide bonds. The average Bonchev–Trinajstić information content (AvgIpc) is 3.17. The Labute approximate surface area is 189 Å². The molecule has 1 atom stereocenters. The monoisotopic (exact) mass is 422 g/mol. The van der Waals surface area contributed by atoms with Crippen molar-refractivity contribution in [2.24, 2.45) is 0 Å². The molecule has 1 unspecified atom stereocenters. The lowest BCUT2D eigenvalue weighted by atomic mass is 9.98. The molecule has 4 nitrogen and oxygen atoms in total. The Morgan fingerprint density at radius 3 is 2.55 bits per heavy atom. The van der Waals surface area contributed by atoms with Crippen molar-refractivity contribution in [2.75, 3.05) is 20.1 Å². The molecular weight excluding hydrogens is 380 g/mol. The molecule has 0 fully saturated rings. The number of para-hydroxylation sites is 2. The van der Waals surface area contributed by atoms with E-state index in [9.17, 15) is 0 Å². The number of nitrogens with one attached hydrogen (secondary N) is 1. The Balaban J connectivity index is 1.97. The highest BCUT2D eigenvalue weighted by molar-refractivity contribution is 5.76. The van der Waals surface area contributed by atoms with E-state index in [-0.39, 0.29) is 0 Å². The summed E-state index contributed by atoms with van der Waals surface area (Å²) >= 11 is 0. The molecule has 3 rings (SSSR count). The minimum atomic E-state index is 0.441. The molecular formula is C27H42N4. The van der Waals surface area contributed by atoms with E-state index >= 15 is 0 Å². The first kappa shape index (κ1) is 23.4. The topological polar surface area (TPSA) is 33.1 Å². The molecule has 1 aliphatic rings. The van der Waals surface area contributed by atoms with Crippen molar-refractivity contribution >= 4 is 11.0 Å². The fourth-order valence-corrected chi connectivity index (χ4v) is 4.73. The second-order valence-corrected chi connectivity index (χ2v) is 8.78. The number of aromatic nitrogens is 2. The summed E-state index contributed by atoms with van der Waals surface area (Å²) in [5.74, 6) is 1.72. The number of likely N-dealkylation sites (N-methyl/N-ethyl adjacent to an activating group) is 1. The molecule has 1 aromatic carbocycles. The van der Waals surface area contributed by atoms with E-state index in [2.05, 4.69) is 79.0 Å². The van der Waals surface area contributed by atoms with Gasteiger partial charge < -0.3 is 14.8 Å². The number of aryl methyl sites for hydroxylation is 1. The number of hydrogen-bond donors (Lipinski definition) is 1. The van der Waals surface area contributed by atoms with Crippen LogP contribution in [0.5, 0.6) is 0 Å². The summed E-state index contributed by atoms with van der Waals surface area (Å²) in [4.78, 5) is 7.83. The third-order valence-corrected chi connectivity index (χ3v) is 6.36. The van der Waals surface area contributed by atoms with Crippen molar-refractivity contribution in [3.05, 3.63) is 53.6 Å². The van der Waals surface area contributed by atoms with Gasteiger partial charge in [0, 0.05) is 32.6 Å². The van der Waals surface area contributed by atoms with Crippen LogP contribution in [0.25, 0.3) is 11.0 Å². The van der Waals surface area contributed by atoms with Gasteiger partial charge in [0.2, 0.25) is 0 Å². The maximum atomic E-state index is 5.19. The Morgan fingerprint density at radius 1 is 1.03 bits per heavy atom. The summed E-state index contributed by atoms with van der Waals surface area (Å²) in [6.07, 6.45) is 14.3. The normalized spacial score (nSPS) is 15.0. The van der Waals surface area contributed by atoms with Crippen molar-refractivity contribution in [3.63, 3.8) is 0 Å². The maximum absolute atomic E-state index is 5.19. The molecule has 0 saturated carbocycles. The number of fused-ring (bicyclic) bond motifs is 1. The number of nitrogens with zero attached hydrogens (tertiary/aromatic N) is 3. The van der Waals surface area contributed by atoms with Gasteiger partial charge in [0.1, 0.15) is 5.82 Å². The first-order valence-electron chi connectivity index (χ1n) is 12.5. The van der Waals surface area contributed by atoms with Crippen molar-refractivity contribution < 1.29 is 0 Å². The molecule has 0 spiro atoms. The van der Waals surface area contributed by atoms with Gasteiger partial charge in [0.25, 0.3) is 0 Å². The zero-order chi connectivity index (χ0) is 22.1. The summed E-state index contributed by atoms with van der Waals surface area (Å²) in [6.45, 7) is 10.0. The fourth-order valence-electron chi connectivity index (χ4n) is 4.73. The van der Waals surface area contributed by atoms with E-state index in [1.807, 2.05) is 0 Å². The summed E-state index contributed by atoms with van der Waals surface area (Å²) in [5, 5.41) is 3.45. The standard InChI is InChI=1S/C27H42N4/c1-5-8-14-22(27-29-24-16-11-13-18-26(24)31(27)19-7-3)21-30(20-9-6-2)25-17-12-10-15-23(25)28-4/h11,13,15-18,22,28H,5-10,12,14,19-21H2,1-4H3. The van der Waals surface area contributed by atoms with Crippen LogP contribution < -0.4 is 5.32 Å². The molecule has 0 aliphatic heterocycles. The number of hydrogen-bond acceptors (Lipinski definition) is 3. The molecule has 0 radical (unpaired) electrons. The van der Waals surface area contributed by atoms with Gasteiger partial charge in [0.15, 0.2) is 0 Å². The molecule has 170 valence electrons. The lowest BCUT2D eigenvalue weighted by Crippen LogP contribution is -2.34. The molecule has 1 aliphatic carbocycles. The van der Waals surface area contributed by atoms with Crippen molar-refractivity contribution in [1.82, 2.24) is 19.8 Å². The van der Waals surface area contributed by atoms with E-state index in [0.717, 1.165) is 44.4 Å². The molecule has 1 heterocycles. The summed E-state index contributed by atoms with van der Waals surface area (Å²) in [6, 6.07) is 8.66. The van der Waals surface area contributed by atoms with Gasteiger partial charge in [-0.3, -0.25) is 0 Å². The smallest absolute Gasteiger partial charge is 0.114 e. The minimum absolute atomic E-state index is 0.441. The molecule has 1 aromatic heterocycles. The van der Waals surface area contributed by atoms with Crippen molar-refractivity contribution in [2.45, 2.75) is 84.6 Å². The Morgan fingerprint density at radius 2 is 1.81 bits per heavy atom. The van der Waals surface area contributed by atoms with Crippen LogP contribution in [0.1, 0.15) is 83.9 Å². The average molecular weight is 423 g/mol. The van der Waals surface area contributed by atoms with E-state index in [0.29, 0.717) is 5.92 Å². The Kier molecular flexibility index (Phi) is 9.05. The number of unbranched alkanes of at least 4 members (excludes halogenated alkanes) is 2. The highest BCUT2D eigenvalue weighted by atomic mass is 15.2. The maximum Gasteiger partial charge on any atom is 0.114 e. The zero-order valence-corrected chi connectivity index (χ0v) is 20.2. The Bertz CT molecular complexity index is 876. The van der Waals surface area contributed by atoms with Crippen LogP contribution in [0.4, 0.5) is 0 Å². The van der Waals surface area contributed by atoms with Gasteiger partial charge in [-0.15, -0.1) is 0 Å². The number of rotatable bonds is 13. The van der Waals surface area contributed by atoms with Crippen LogP contribution in [0.2, 0.25) is 0 Å². The fraction of sp³-hybridized carbons (Fsp3) is 0.593. The summed E-state index contributed by atoms with van der Waals surface area (Å²) in [7, 11) is 2.05. The molecule has 1 N–H and O–H groups in total. The van der Waals surface area contributed by atoms with E-state index in [1.165, 1.54) is 54.8 Å². The van der Waals surface area contributed by atoms with Crippen LogP contribution in [0.15, 0.2) is 47.8 Å². The van der Waals surface area contributed by atoms with Crippen molar-refractivity contribution in [3.8, 4) is 0 Å². The van der Waals surface area contributed by atoms with Crippen LogP contribution in [0, 0.1) is 0 Å². The van der Waals surface area contributed by atoms with Gasteiger partial charge in [-0.25, -0.2) is 4.98 Å². The molecule has 4 heteroatoms. The van der Waals surface area contributed by atoms with Gasteiger partial charge in [-0.05, 0) is 44.2 Å². The first-order chi connectivity index (χ1) is 15.2. The quantitative estimate of drug-likeness (QED) is 0.394. The third kappa shape index (κ3) is 5.72. The zero-order valence-electron chi connectivity index (χ0n) is 20.2. The summed E-state index contributed by atoms with van der Waals surface area (Å²) in [5.41, 5.74) is 5.11. The van der Waals surface area contributed by atoms with E-state index < -0.39 is 0 Å². The lowest BCUT2D eigenvalue weighted by Gasteiger charge is -2.34. The van der Waals surface area contributed by atoms with Gasteiger partial charge in [-0.2, -0.15) is 0 Å². The molecule has 2 aromatic rings. The molecule has 0 bridgehead atoms. The predicted octanol–water partition coefficient (Wildman–Crippen LogP) is 6.60. The highest BCUT2D eigenvalue weighted by Gasteiger charge is 2.25. The van der Waals surface area contributed by atoms with Crippen LogP contribution in [-0.4, -0.2) is 34.6 Å². The van der Waals surface area contributed by atoms with E-state index in [4.69, 9.17) is 4.98 Å². The van der Waals surface area contributed by atoms with Gasteiger partial charge >= 0.3 is 0 Å². The van der Waals surface area contributed by atoms with Crippen molar-refractivity contribution in [1.29, 1.82) is 0 Å².